The zero-order valence-corrected chi connectivity index (χ0v) is 13.7. The Bertz CT molecular complexity index is 654. The summed E-state index contributed by atoms with van der Waals surface area (Å²) in [6.45, 7) is -0.120. The second-order valence-corrected chi connectivity index (χ2v) is 5.83. The number of hydrogen-bond donors (Lipinski definition) is 2. The van der Waals surface area contributed by atoms with E-state index in [9.17, 15) is 26.4 Å². The van der Waals surface area contributed by atoms with Gasteiger partial charge in [0, 0.05) is 6.61 Å². The summed E-state index contributed by atoms with van der Waals surface area (Å²) in [7, 11) is -2.71. The Morgan fingerprint density at radius 3 is 2.21 bits per heavy atom. The minimum Gasteiger partial charge on any atom is -0.491 e. The number of halogens is 3. The van der Waals surface area contributed by atoms with Crippen molar-refractivity contribution in [2.75, 3.05) is 26.6 Å². The number of hydrogen-bond acceptors (Lipinski definition) is 6. The van der Waals surface area contributed by atoms with Crippen molar-refractivity contribution in [3.8, 4) is 5.75 Å². The average molecular weight is 374 g/mol. The third-order valence-corrected chi connectivity index (χ3v) is 2.33. The van der Waals surface area contributed by atoms with E-state index in [0.29, 0.717) is 25.2 Å². The van der Waals surface area contributed by atoms with Crippen molar-refractivity contribution in [3.05, 3.63) is 29.1 Å². The van der Waals surface area contributed by atoms with Crippen molar-refractivity contribution in [3.63, 3.8) is 0 Å². The van der Waals surface area contributed by atoms with Gasteiger partial charge in [-0.05, 0) is 18.9 Å². The highest BCUT2D eigenvalue weighted by molar-refractivity contribution is 7.85. The summed E-state index contributed by atoms with van der Waals surface area (Å²) in [5.41, 5.74) is -0.736. The lowest BCUT2D eigenvalue weighted by Crippen LogP contribution is -2.11. The van der Waals surface area contributed by atoms with Gasteiger partial charge in [0.2, 0.25) is 5.82 Å². The molecule has 0 aliphatic rings. The molecule has 2 N–H and O–H groups in total. The highest BCUT2D eigenvalue weighted by atomic mass is 32.2. The number of benzene rings is 1. The molecule has 0 saturated carbocycles. The van der Waals surface area contributed by atoms with Gasteiger partial charge >= 0.3 is 5.97 Å². The van der Waals surface area contributed by atoms with Crippen molar-refractivity contribution >= 4 is 16.1 Å². The molecule has 0 spiro atoms. The molecule has 138 valence electrons. The van der Waals surface area contributed by atoms with Crippen LogP contribution < -0.4 is 4.74 Å². The minimum atomic E-state index is -3.67. The number of aliphatic hydroxyl groups excluding tert-OH is 1. The molecule has 0 bridgehead atoms. The smallest absolute Gasteiger partial charge is 0.341 e. The Morgan fingerprint density at radius 1 is 1.21 bits per heavy atom. The van der Waals surface area contributed by atoms with E-state index in [1.54, 1.807) is 0 Å². The largest absolute Gasteiger partial charge is 0.491 e. The maximum absolute atomic E-state index is 13.7. The summed E-state index contributed by atoms with van der Waals surface area (Å²) < 4.78 is 74.9. The van der Waals surface area contributed by atoms with Crippen LogP contribution in [-0.4, -0.2) is 50.6 Å². The predicted octanol–water partition coefficient (Wildman–Crippen LogP) is 1.55. The highest BCUT2D eigenvalue weighted by Gasteiger charge is 2.24. The molecule has 0 aliphatic heterocycles. The van der Waals surface area contributed by atoms with Gasteiger partial charge in [-0.1, -0.05) is 0 Å². The van der Waals surface area contributed by atoms with Gasteiger partial charge in [0.1, 0.15) is 5.56 Å². The Morgan fingerprint density at radius 2 is 1.75 bits per heavy atom. The van der Waals surface area contributed by atoms with Crippen LogP contribution in [0.4, 0.5) is 13.2 Å². The lowest BCUT2D eigenvalue weighted by molar-refractivity contribution is 0.0485. The van der Waals surface area contributed by atoms with Gasteiger partial charge in [-0.3, -0.25) is 4.55 Å². The third-order valence-electron chi connectivity index (χ3n) is 2.33. The summed E-state index contributed by atoms with van der Waals surface area (Å²) in [5, 5.41) is 8.52. The maximum Gasteiger partial charge on any atom is 0.341 e. The first kappa shape index (κ1) is 22.1. The minimum absolute atomic E-state index is 0.0554. The molecule has 11 heteroatoms. The number of methoxy groups -OCH3 is 1. The lowest BCUT2D eigenvalue weighted by atomic mass is 10.2. The van der Waals surface area contributed by atoms with Crippen molar-refractivity contribution in [1.29, 1.82) is 0 Å². The number of carbonyl (C=O) groups is 1. The number of ether oxygens (including phenoxy) is 2. The number of carbonyl (C=O) groups excluding carboxylic acids is 1. The van der Waals surface area contributed by atoms with Crippen LogP contribution in [0.25, 0.3) is 0 Å². The van der Waals surface area contributed by atoms with Crippen LogP contribution >= 0.6 is 0 Å². The van der Waals surface area contributed by atoms with E-state index in [1.807, 2.05) is 0 Å². The van der Waals surface area contributed by atoms with E-state index < -0.39 is 44.9 Å². The topological polar surface area (TPSA) is 110 Å². The summed E-state index contributed by atoms with van der Waals surface area (Å²) >= 11 is 0. The SMILES string of the molecule is COc1c(F)c(F)cc(C(=O)OCCCCO)c1F.CS(=O)(=O)O. The molecule has 1 aromatic rings. The quantitative estimate of drug-likeness (QED) is 0.336. The van der Waals surface area contributed by atoms with E-state index in [-0.39, 0.29) is 13.2 Å². The molecule has 0 fully saturated rings. The molecule has 0 radical (unpaired) electrons. The fraction of sp³-hybridized carbons (Fsp3) is 0.462. The van der Waals surface area contributed by atoms with Crippen LogP contribution in [0.15, 0.2) is 6.07 Å². The Labute approximate surface area is 136 Å². The monoisotopic (exact) mass is 374 g/mol. The van der Waals surface area contributed by atoms with E-state index >= 15 is 0 Å². The molecule has 0 heterocycles. The van der Waals surface area contributed by atoms with Gasteiger partial charge in [-0.2, -0.15) is 12.8 Å². The van der Waals surface area contributed by atoms with Crippen LogP contribution in [0.3, 0.4) is 0 Å². The van der Waals surface area contributed by atoms with Gasteiger partial charge in [0.25, 0.3) is 10.1 Å². The molecular weight excluding hydrogens is 357 g/mol. The maximum atomic E-state index is 13.7. The molecule has 1 aromatic carbocycles. The molecule has 0 saturated heterocycles. The second kappa shape index (κ2) is 10.1. The third kappa shape index (κ3) is 8.13. The number of unbranched alkanes of at least 4 members (excludes halogenated alkanes) is 1. The number of rotatable bonds is 6. The zero-order chi connectivity index (χ0) is 18.9. The molecule has 7 nitrogen and oxygen atoms in total. The molecule has 1 rings (SSSR count). The molecular formula is C13H17F3O7S. The molecule has 0 amide bonds. The molecule has 0 aliphatic carbocycles. The van der Waals surface area contributed by atoms with Gasteiger partial charge in [0.05, 0.1) is 20.0 Å². The normalized spacial score (nSPS) is 10.6. The molecule has 24 heavy (non-hydrogen) atoms. The van der Waals surface area contributed by atoms with Gasteiger partial charge in [-0.25, -0.2) is 13.6 Å². The summed E-state index contributed by atoms with van der Waals surface area (Å²) in [6.07, 6.45) is 1.51. The van der Waals surface area contributed by atoms with Crippen LogP contribution in [0.1, 0.15) is 23.2 Å². The molecule has 0 unspecified atom stereocenters. The van der Waals surface area contributed by atoms with E-state index in [0.717, 1.165) is 7.11 Å². The highest BCUT2D eigenvalue weighted by Crippen LogP contribution is 2.27. The average Bonchev–Trinajstić information content (AvgIpc) is 2.46. The Kier molecular flexibility index (Phi) is 9.33. The van der Waals surface area contributed by atoms with Gasteiger partial charge < -0.3 is 14.6 Å². The van der Waals surface area contributed by atoms with Crippen molar-refractivity contribution in [2.45, 2.75) is 12.8 Å². The first-order chi connectivity index (χ1) is 11.0. The number of aliphatic hydroxyl groups is 1. The molecule has 0 atom stereocenters. The standard InChI is InChI=1S/C12H13F3O4.CH4O3S/c1-18-11-9(14)7(6-8(13)10(11)15)12(17)19-5-3-2-4-16;1-5(2,3)4/h6,16H,2-5H2,1H3;1H3,(H,2,3,4). The summed E-state index contributed by atoms with van der Waals surface area (Å²) in [5.74, 6) is -6.30. The van der Waals surface area contributed by atoms with Crippen LogP contribution in [-0.2, 0) is 14.9 Å². The zero-order valence-electron chi connectivity index (χ0n) is 12.9. The lowest BCUT2D eigenvalue weighted by Gasteiger charge is -2.09. The Hall–Kier alpha value is -1.85. The van der Waals surface area contributed by atoms with Gasteiger partial charge in [-0.15, -0.1) is 0 Å². The van der Waals surface area contributed by atoms with Crippen LogP contribution in [0.5, 0.6) is 5.75 Å². The number of esters is 1. The van der Waals surface area contributed by atoms with Crippen LogP contribution in [0, 0.1) is 17.5 Å². The summed E-state index contributed by atoms with van der Waals surface area (Å²) in [6, 6.07) is 0.418. The van der Waals surface area contributed by atoms with E-state index in [1.165, 1.54) is 0 Å². The molecule has 0 aromatic heterocycles. The van der Waals surface area contributed by atoms with E-state index in [2.05, 4.69) is 9.47 Å². The predicted molar refractivity (Wildman–Crippen MR) is 76.9 cm³/mol. The summed E-state index contributed by atoms with van der Waals surface area (Å²) in [4.78, 5) is 11.5. The van der Waals surface area contributed by atoms with Crippen molar-refractivity contribution in [2.24, 2.45) is 0 Å². The Balaban J connectivity index is 0.000000922. The first-order valence-corrected chi connectivity index (χ1v) is 8.29. The fourth-order valence-electron chi connectivity index (χ4n) is 1.36. The second-order valence-electron chi connectivity index (χ2n) is 4.37. The first-order valence-electron chi connectivity index (χ1n) is 6.44. The van der Waals surface area contributed by atoms with Crippen LogP contribution in [0.2, 0.25) is 0 Å². The van der Waals surface area contributed by atoms with Crippen molar-refractivity contribution < 1.29 is 45.5 Å². The van der Waals surface area contributed by atoms with E-state index in [4.69, 9.17) is 9.66 Å². The van der Waals surface area contributed by atoms with Crippen molar-refractivity contribution in [1.82, 2.24) is 0 Å². The van der Waals surface area contributed by atoms with Gasteiger partial charge in [0.15, 0.2) is 17.4 Å². The fourth-order valence-corrected chi connectivity index (χ4v) is 1.36.